The molecule has 134 valence electrons. The van der Waals surface area contributed by atoms with Crippen molar-refractivity contribution in [2.45, 2.75) is 20.1 Å². The van der Waals surface area contributed by atoms with E-state index in [4.69, 9.17) is 4.74 Å². The Morgan fingerprint density at radius 2 is 1.84 bits per heavy atom. The van der Waals surface area contributed by atoms with Crippen LogP contribution in [0.1, 0.15) is 16.7 Å². The van der Waals surface area contributed by atoms with Crippen molar-refractivity contribution in [2.24, 2.45) is 0 Å². The molecule has 1 aliphatic rings. The molecule has 0 unspecified atom stereocenters. The number of piperazine rings is 1. The number of nitrogens with zero attached hydrogens (tertiary/aromatic N) is 1. The zero-order valence-corrected chi connectivity index (χ0v) is 15.1. The summed E-state index contributed by atoms with van der Waals surface area (Å²) in [6.45, 7) is 10.3. The summed E-state index contributed by atoms with van der Waals surface area (Å²) in [5.74, 6) is 0.933. The number of rotatable bonds is 8. The molecule has 3 rings (SSSR count). The van der Waals surface area contributed by atoms with Crippen LogP contribution in [0.15, 0.2) is 48.5 Å². The first-order valence-electron chi connectivity index (χ1n) is 9.21. The standard InChI is InChI=1S/C21H29N3O/c1-18-4-2-6-20(14-18)17-25-21-7-3-5-19(15-21)16-23-10-13-24-11-8-22-9-12-24/h2-7,14-15,22-23H,8-13,16-17H2,1H3. The molecule has 4 nitrogen and oxygen atoms in total. The van der Waals surface area contributed by atoms with Gasteiger partial charge < -0.3 is 15.4 Å². The van der Waals surface area contributed by atoms with E-state index in [9.17, 15) is 0 Å². The third kappa shape index (κ3) is 6.16. The highest BCUT2D eigenvalue weighted by Gasteiger charge is 2.08. The van der Waals surface area contributed by atoms with Crippen molar-refractivity contribution in [3.8, 4) is 5.75 Å². The summed E-state index contributed by atoms with van der Waals surface area (Å²) < 4.78 is 5.95. The largest absolute Gasteiger partial charge is 0.489 e. The smallest absolute Gasteiger partial charge is 0.120 e. The van der Waals surface area contributed by atoms with Crippen molar-refractivity contribution in [2.75, 3.05) is 39.3 Å². The minimum atomic E-state index is 0.613. The fraction of sp³-hybridized carbons (Fsp3) is 0.429. The monoisotopic (exact) mass is 339 g/mol. The Morgan fingerprint density at radius 1 is 1.04 bits per heavy atom. The van der Waals surface area contributed by atoms with E-state index in [1.807, 2.05) is 6.07 Å². The molecule has 0 radical (unpaired) electrons. The molecule has 2 N–H and O–H groups in total. The Labute approximate surface area is 151 Å². The summed E-state index contributed by atoms with van der Waals surface area (Å²) in [5, 5.41) is 6.93. The normalized spacial score (nSPS) is 15.2. The number of hydrogen-bond donors (Lipinski definition) is 2. The third-order valence-electron chi connectivity index (χ3n) is 4.53. The molecule has 1 fully saturated rings. The molecule has 1 saturated heterocycles. The van der Waals surface area contributed by atoms with Gasteiger partial charge in [-0.3, -0.25) is 4.90 Å². The quantitative estimate of drug-likeness (QED) is 0.725. The van der Waals surface area contributed by atoms with Gasteiger partial charge in [-0.05, 0) is 30.2 Å². The molecule has 0 aromatic heterocycles. The molecule has 0 aliphatic carbocycles. The predicted molar refractivity (Wildman–Crippen MR) is 103 cm³/mol. The second kappa shape index (κ2) is 9.56. The van der Waals surface area contributed by atoms with Crippen molar-refractivity contribution in [1.29, 1.82) is 0 Å². The second-order valence-corrected chi connectivity index (χ2v) is 6.69. The predicted octanol–water partition coefficient (Wildman–Crippen LogP) is 2.57. The first-order valence-corrected chi connectivity index (χ1v) is 9.21. The van der Waals surface area contributed by atoms with Crippen LogP contribution in [-0.2, 0) is 13.2 Å². The van der Waals surface area contributed by atoms with Crippen LogP contribution in [0.25, 0.3) is 0 Å². The summed E-state index contributed by atoms with van der Waals surface area (Å²) in [6, 6.07) is 16.8. The van der Waals surface area contributed by atoms with Gasteiger partial charge in [-0.15, -0.1) is 0 Å². The summed E-state index contributed by atoms with van der Waals surface area (Å²) >= 11 is 0. The molecule has 0 saturated carbocycles. The van der Waals surface area contributed by atoms with Crippen molar-refractivity contribution in [3.63, 3.8) is 0 Å². The molecule has 2 aromatic carbocycles. The van der Waals surface area contributed by atoms with Crippen LogP contribution < -0.4 is 15.4 Å². The van der Waals surface area contributed by atoms with Gasteiger partial charge in [-0.1, -0.05) is 42.0 Å². The highest BCUT2D eigenvalue weighted by molar-refractivity contribution is 5.29. The van der Waals surface area contributed by atoms with E-state index >= 15 is 0 Å². The van der Waals surface area contributed by atoms with Gasteiger partial charge in [-0.25, -0.2) is 0 Å². The van der Waals surface area contributed by atoms with Crippen LogP contribution in [0.5, 0.6) is 5.75 Å². The Balaban J connectivity index is 1.41. The molecule has 25 heavy (non-hydrogen) atoms. The van der Waals surface area contributed by atoms with Crippen molar-refractivity contribution in [1.82, 2.24) is 15.5 Å². The lowest BCUT2D eigenvalue weighted by Crippen LogP contribution is -2.45. The molecule has 4 heteroatoms. The van der Waals surface area contributed by atoms with E-state index in [0.717, 1.165) is 51.6 Å². The Bertz CT molecular complexity index is 653. The zero-order valence-electron chi connectivity index (χ0n) is 15.1. The highest BCUT2D eigenvalue weighted by atomic mass is 16.5. The fourth-order valence-corrected chi connectivity index (χ4v) is 3.12. The van der Waals surface area contributed by atoms with Crippen LogP contribution in [0.4, 0.5) is 0 Å². The molecule has 0 spiro atoms. The van der Waals surface area contributed by atoms with Crippen LogP contribution in [0.2, 0.25) is 0 Å². The zero-order chi connectivity index (χ0) is 17.3. The Hall–Kier alpha value is -1.88. The molecule has 0 atom stereocenters. The Morgan fingerprint density at radius 3 is 2.68 bits per heavy atom. The maximum Gasteiger partial charge on any atom is 0.120 e. The number of nitrogens with one attached hydrogen (secondary N) is 2. The average molecular weight is 339 g/mol. The van der Waals surface area contributed by atoms with E-state index in [1.54, 1.807) is 0 Å². The fourth-order valence-electron chi connectivity index (χ4n) is 3.12. The van der Waals surface area contributed by atoms with Gasteiger partial charge in [-0.2, -0.15) is 0 Å². The van der Waals surface area contributed by atoms with Gasteiger partial charge >= 0.3 is 0 Å². The molecular formula is C21H29N3O. The second-order valence-electron chi connectivity index (χ2n) is 6.69. The number of benzene rings is 2. The number of aryl methyl sites for hydroxylation is 1. The number of hydrogen-bond acceptors (Lipinski definition) is 4. The third-order valence-corrected chi connectivity index (χ3v) is 4.53. The minimum absolute atomic E-state index is 0.613. The maximum atomic E-state index is 5.95. The average Bonchev–Trinajstić information content (AvgIpc) is 2.65. The van der Waals surface area contributed by atoms with E-state index < -0.39 is 0 Å². The summed E-state index contributed by atoms with van der Waals surface area (Å²) in [6.07, 6.45) is 0. The van der Waals surface area contributed by atoms with Gasteiger partial charge in [0.25, 0.3) is 0 Å². The summed E-state index contributed by atoms with van der Waals surface area (Å²) in [7, 11) is 0. The van der Waals surface area contributed by atoms with Crippen LogP contribution >= 0.6 is 0 Å². The van der Waals surface area contributed by atoms with Crippen molar-refractivity contribution >= 4 is 0 Å². The van der Waals surface area contributed by atoms with E-state index in [2.05, 4.69) is 64.9 Å². The lowest BCUT2D eigenvalue weighted by Gasteiger charge is -2.27. The SMILES string of the molecule is Cc1cccc(COc2cccc(CNCCN3CCNCC3)c2)c1. The summed E-state index contributed by atoms with van der Waals surface area (Å²) in [4.78, 5) is 2.50. The van der Waals surface area contributed by atoms with E-state index in [1.165, 1.54) is 16.7 Å². The van der Waals surface area contributed by atoms with Gasteiger partial charge in [0.2, 0.25) is 0 Å². The first-order chi connectivity index (χ1) is 12.3. The van der Waals surface area contributed by atoms with E-state index in [-0.39, 0.29) is 0 Å². The van der Waals surface area contributed by atoms with Crippen molar-refractivity contribution in [3.05, 3.63) is 65.2 Å². The lowest BCUT2D eigenvalue weighted by atomic mass is 10.1. The molecule has 2 aromatic rings. The minimum Gasteiger partial charge on any atom is -0.489 e. The van der Waals surface area contributed by atoms with Crippen LogP contribution in [0, 0.1) is 6.92 Å². The maximum absolute atomic E-state index is 5.95. The molecule has 0 amide bonds. The molecular weight excluding hydrogens is 310 g/mol. The highest BCUT2D eigenvalue weighted by Crippen LogP contribution is 2.15. The first kappa shape index (κ1) is 17.9. The van der Waals surface area contributed by atoms with Gasteiger partial charge in [0.15, 0.2) is 0 Å². The van der Waals surface area contributed by atoms with Gasteiger partial charge in [0.05, 0.1) is 0 Å². The van der Waals surface area contributed by atoms with Crippen molar-refractivity contribution < 1.29 is 4.74 Å². The Kier molecular flexibility index (Phi) is 6.86. The van der Waals surface area contributed by atoms with E-state index in [0.29, 0.717) is 6.61 Å². The van der Waals surface area contributed by atoms with Gasteiger partial charge in [0.1, 0.15) is 12.4 Å². The van der Waals surface area contributed by atoms with Crippen LogP contribution in [-0.4, -0.2) is 44.2 Å². The van der Waals surface area contributed by atoms with Crippen LogP contribution in [0.3, 0.4) is 0 Å². The topological polar surface area (TPSA) is 36.5 Å². The molecule has 0 bridgehead atoms. The lowest BCUT2D eigenvalue weighted by molar-refractivity contribution is 0.241. The van der Waals surface area contributed by atoms with Gasteiger partial charge in [0, 0.05) is 45.8 Å². The summed E-state index contributed by atoms with van der Waals surface area (Å²) in [5.41, 5.74) is 3.74. The molecule has 1 aliphatic heterocycles. The molecule has 1 heterocycles. The number of ether oxygens (including phenoxy) is 1.